The van der Waals surface area contributed by atoms with E-state index in [0.717, 1.165) is 17.7 Å². The third-order valence-corrected chi connectivity index (χ3v) is 3.21. The fraction of sp³-hybridized carbons (Fsp3) is 0.500. The molecule has 0 saturated heterocycles. The van der Waals surface area contributed by atoms with Crippen LogP contribution >= 0.6 is 0 Å². The lowest BCUT2D eigenvalue weighted by Crippen LogP contribution is -2.37. The predicted molar refractivity (Wildman–Crippen MR) is 72.6 cm³/mol. The highest BCUT2D eigenvalue weighted by Crippen LogP contribution is 2.28. The van der Waals surface area contributed by atoms with Crippen molar-refractivity contribution in [2.45, 2.75) is 26.8 Å². The molecule has 4 heteroatoms. The highest BCUT2D eigenvalue weighted by atomic mass is 16.3. The Bertz CT molecular complexity index is 418. The molecule has 0 bridgehead atoms. The SMILES string of the molecule is CCN(CC(=O)NC)C(C)c1cc(C)ccc1O. The first-order valence-electron chi connectivity index (χ1n) is 6.23. The molecule has 0 radical (unpaired) electrons. The molecule has 0 spiro atoms. The van der Waals surface area contributed by atoms with Gasteiger partial charge in [0.15, 0.2) is 0 Å². The van der Waals surface area contributed by atoms with E-state index >= 15 is 0 Å². The monoisotopic (exact) mass is 250 g/mol. The van der Waals surface area contributed by atoms with E-state index in [1.54, 1.807) is 13.1 Å². The van der Waals surface area contributed by atoms with Crippen LogP contribution in [0.2, 0.25) is 0 Å². The van der Waals surface area contributed by atoms with Crippen LogP contribution in [0.4, 0.5) is 0 Å². The van der Waals surface area contributed by atoms with Crippen molar-refractivity contribution in [3.63, 3.8) is 0 Å². The molecular weight excluding hydrogens is 228 g/mol. The quantitative estimate of drug-likeness (QED) is 0.838. The summed E-state index contributed by atoms with van der Waals surface area (Å²) in [5.41, 5.74) is 1.96. The molecule has 0 fully saturated rings. The Hall–Kier alpha value is -1.55. The van der Waals surface area contributed by atoms with E-state index in [1.165, 1.54) is 0 Å². The number of aryl methyl sites for hydroxylation is 1. The van der Waals surface area contributed by atoms with E-state index in [2.05, 4.69) is 5.32 Å². The Morgan fingerprint density at radius 1 is 1.50 bits per heavy atom. The molecule has 0 aliphatic heterocycles. The number of hydrogen-bond acceptors (Lipinski definition) is 3. The lowest BCUT2D eigenvalue weighted by molar-refractivity contribution is -0.122. The van der Waals surface area contributed by atoms with Crippen molar-refractivity contribution < 1.29 is 9.90 Å². The lowest BCUT2D eigenvalue weighted by atomic mass is 10.0. The molecule has 1 rings (SSSR count). The van der Waals surface area contributed by atoms with E-state index < -0.39 is 0 Å². The van der Waals surface area contributed by atoms with Crippen LogP contribution < -0.4 is 5.32 Å². The summed E-state index contributed by atoms with van der Waals surface area (Å²) in [6, 6.07) is 5.55. The summed E-state index contributed by atoms with van der Waals surface area (Å²) in [7, 11) is 1.63. The summed E-state index contributed by atoms with van der Waals surface area (Å²) in [5, 5.41) is 12.5. The lowest BCUT2D eigenvalue weighted by Gasteiger charge is -2.28. The molecule has 1 amide bonds. The number of likely N-dealkylation sites (N-methyl/N-ethyl adjacent to an activating group) is 2. The molecule has 0 heterocycles. The summed E-state index contributed by atoms with van der Waals surface area (Å²) in [4.78, 5) is 13.5. The molecule has 18 heavy (non-hydrogen) atoms. The second-order valence-corrected chi connectivity index (χ2v) is 4.47. The highest BCUT2D eigenvalue weighted by molar-refractivity contribution is 5.77. The van der Waals surface area contributed by atoms with E-state index in [1.807, 2.05) is 37.8 Å². The largest absolute Gasteiger partial charge is 0.508 e. The number of carbonyl (C=O) groups is 1. The van der Waals surface area contributed by atoms with Gasteiger partial charge in [0.25, 0.3) is 0 Å². The molecule has 1 atom stereocenters. The predicted octanol–water partition coefficient (Wildman–Crippen LogP) is 1.83. The van der Waals surface area contributed by atoms with Crippen molar-refractivity contribution in [1.29, 1.82) is 0 Å². The van der Waals surface area contributed by atoms with Gasteiger partial charge in [-0.3, -0.25) is 9.69 Å². The zero-order chi connectivity index (χ0) is 13.7. The van der Waals surface area contributed by atoms with Crippen LogP contribution in [-0.4, -0.2) is 36.1 Å². The molecule has 2 N–H and O–H groups in total. The number of hydrogen-bond donors (Lipinski definition) is 2. The zero-order valence-electron chi connectivity index (χ0n) is 11.5. The maximum absolute atomic E-state index is 11.5. The first-order valence-corrected chi connectivity index (χ1v) is 6.23. The third-order valence-electron chi connectivity index (χ3n) is 3.21. The van der Waals surface area contributed by atoms with Gasteiger partial charge in [-0.05, 0) is 26.5 Å². The molecular formula is C14H22N2O2. The van der Waals surface area contributed by atoms with Gasteiger partial charge in [0.05, 0.1) is 6.54 Å². The maximum Gasteiger partial charge on any atom is 0.233 e. The number of amides is 1. The fourth-order valence-electron chi connectivity index (χ4n) is 1.99. The Kier molecular flexibility index (Phi) is 5.16. The normalized spacial score (nSPS) is 12.5. The van der Waals surface area contributed by atoms with Gasteiger partial charge in [0.2, 0.25) is 5.91 Å². The average molecular weight is 250 g/mol. The molecule has 4 nitrogen and oxygen atoms in total. The van der Waals surface area contributed by atoms with Gasteiger partial charge < -0.3 is 10.4 Å². The number of carbonyl (C=O) groups excluding carboxylic acids is 1. The van der Waals surface area contributed by atoms with Gasteiger partial charge in [-0.25, -0.2) is 0 Å². The summed E-state index contributed by atoms with van der Waals surface area (Å²) in [6.07, 6.45) is 0. The highest BCUT2D eigenvalue weighted by Gasteiger charge is 2.19. The molecule has 1 aromatic carbocycles. The molecule has 1 unspecified atom stereocenters. The molecule has 0 aromatic heterocycles. The molecule has 0 saturated carbocycles. The van der Waals surface area contributed by atoms with E-state index in [-0.39, 0.29) is 17.7 Å². The second-order valence-electron chi connectivity index (χ2n) is 4.47. The summed E-state index contributed by atoms with van der Waals surface area (Å²) in [6.45, 7) is 7.08. The number of nitrogens with one attached hydrogen (secondary N) is 1. The Labute approximate surface area is 109 Å². The smallest absolute Gasteiger partial charge is 0.233 e. The second kappa shape index (κ2) is 6.40. The van der Waals surface area contributed by atoms with Gasteiger partial charge in [0, 0.05) is 18.7 Å². The molecule has 0 aliphatic carbocycles. The minimum Gasteiger partial charge on any atom is -0.508 e. The van der Waals surface area contributed by atoms with Crippen LogP contribution in [0.15, 0.2) is 18.2 Å². The van der Waals surface area contributed by atoms with Crippen LogP contribution in [0.3, 0.4) is 0 Å². The van der Waals surface area contributed by atoms with E-state index in [4.69, 9.17) is 0 Å². The van der Waals surface area contributed by atoms with E-state index in [0.29, 0.717) is 6.54 Å². The molecule has 1 aromatic rings. The van der Waals surface area contributed by atoms with Crippen molar-refractivity contribution in [3.05, 3.63) is 29.3 Å². The van der Waals surface area contributed by atoms with E-state index in [9.17, 15) is 9.90 Å². The van der Waals surface area contributed by atoms with Crippen LogP contribution in [0.25, 0.3) is 0 Å². The van der Waals surface area contributed by atoms with Crippen LogP contribution in [-0.2, 0) is 4.79 Å². The van der Waals surface area contributed by atoms with Crippen LogP contribution in [0, 0.1) is 6.92 Å². The van der Waals surface area contributed by atoms with Gasteiger partial charge >= 0.3 is 0 Å². The third kappa shape index (κ3) is 3.47. The Morgan fingerprint density at radius 2 is 2.17 bits per heavy atom. The molecule has 100 valence electrons. The van der Waals surface area contributed by atoms with Crippen molar-refractivity contribution in [2.75, 3.05) is 20.1 Å². The van der Waals surface area contributed by atoms with Gasteiger partial charge in [-0.1, -0.05) is 24.6 Å². The van der Waals surface area contributed by atoms with Crippen LogP contribution in [0.1, 0.15) is 31.0 Å². The first-order chi connectivity index (χ1) is 8.49. The van der Waals surface area contributed by atoms with Crippen molar-refractivity contribution in [1.82, 2.24) is 10.2 Å². The number of aromatic hydroxyl groups is 1. The van der Waals surface area contributed by atoms with Crippen molar-refractivity contribution in [3.8, 4) is 5.75 Å². The number of phenolic OH excluding ortho intramolecular Hbond substituents is 1. The van der Waals surface area contributed by atoms with Crippen molar-refractivity contribution >= 4 is 5.91 Å². The number of nitrogens with zero attached hydrogens (tertiary/aromatic N) is 1. The minimum absolute atomic E-state index is 0.00667. The summed E-state index contributed by atoms with van der Waals surface area (Å²) < 4.78 is 0. The maximum atomic E-state index is 11.5. The minimum atomic E-state index is -0.0177. The van der Waals surface area contributed by atoms with Crippen LogP contribution in [0.5, 0.6) is 5.75 Å². The van der Waals surface area contributed by atoms with Gasteiger partial charge in [-0.2, -0.15) is 0 Å². The number of rotatable bonds is 5. The zero-order valence-corrected chi connectivity index (χ0v) is 11.5. The summed E-state index contributed by atoms with van der Waals surface area (Å²) in [5.74, 6) is 0.263. The van der Waals surface area contributed by atoms with Gasteiger partial charge in [0.1, 0.15) is 5.75 Å². The summed E-state index contributed by atoms with van der Waals surface area (Å²) >= 11 is 0. The number of phenols is 1. The average Bonchev–Trinajstić information content (AvgIpc) is 2.37. The molecule has 0 aliphatic rings. The first kappa shape index (κ1) is 14.5. The Balaban J connectivity index is 2.92. The van der Waals surface area contributed by atoms with Crippen molar-refractivity contribution in [2.24, 2.45) is 0 Å². The fourth-order valence-corrected chi connectivity index (χ4v) is 1.99. The Morgan fingerprint density at radius 3 is 2.72 bits per heavy atom. The van der Waals surface area contributed by atoms with Gasteiger partial charge in [-0.15, -0.1) is 0 Å². The topological polar surface area (TPSA) is 52.6 Å². The number of benzene rings is 1. The standard InChI is InChI=1S/C14H22N2O2/c1-5-16(9-14(18)15-4)11(3)12-8-10(2)6-7-13(12)17/h6-8,11,17H,5,9H2,1-4H3,(H,15,18).